The van der Waals surface area contributed by atoms with E-state index < -0.39 is 0 Å². The molecule has 1 aromatic carbocycles. The SMILES string of the molecule is COc1ccc(NC(N)=S)c2ccc(C)nc12. The van der Waals surface area contributed by atoms with Crippen LogP contribution in [-0.2, 0) is 0 Å². The normalized spacial score (nSPS) is 10.2. The second-order valence-electron chi connectivity index (χ2n) is 3.65. The highest BCUT2D eigenvalue weighted by Gasteiger charge is 2.08. The summed E-state index contributed by atoms with van der Waals surface area (Å²) in [6.07, 6.45) is 0. The van der Waals surface area contributed by atoms with Gasteiger partial charge in [0.15, 0.2) is 5.11 Å². The van der Waals surface area contributed by atoms with E-state index in [2.05, 4.69) is 10.3 Å². The molecule has 0 spiro atoms. The van der Waals surface area contributed by atoms with E-state index >= 15 is 0 Å². The summed E-state index contributed by atoms with van der Waals surface area (Å²) in [5, 5.41) is 4.10. The van der Waals surface area contributed by atoms with Crippen LogP contribution in [0.3, 0.4) is 0 Å². The molecule has 3 N–H and O–H groups in total. The van der Waals surface area contributed by atoms with Crippen LogP contribution in [0, 0.1) is 6.92 Å². The van der Waals surface area contributed by atoms with E-state index in [-0.39, 0.29) is 5.11 Å². The third-order valence-electron chi connectivity index (χ3n) is 2.44. The molecule has 0 saturated heterocycles. The molecule has 0 bridgehead atoms. The summed E-state index contributed by atoms with van der Waals surface area (Å²) in [5.74, 6) is 0.734. The summed E-state index contributed by atoms with van der Waals surface area (Å²) >= 11 is 4.84. The molecule has 1 aromatic heterocycles. The lowest BCUT2D eigenvalue weighted by Gasteiger charge is -2.11. The number of fused-ring (bicyclic) bond motifs is 1. The minimum atomic E-state index is 0.233. The standard InChI is InChI=1S/C12H13N3OS/c1-7-3-4-8-9(15-12(13)17)5-6-10(16-2)11(8)14-7/h3-6H,1-2H3,(H3,13,15,17). The Hall–Kier alpha value is -1.88. The average molecular weight is 247 g/mol. The molecule has 0 atom stereocenters. The topological polar surface area (TPSA) is 60.2 Å². The Labute approximate surface area is 105 Å². The number of aromatic nitrogens is 1. The molecule has 1 heterocycles. The molecule has 0 aliphatic heterocycles. The van der Waals surface area contributed by atoms with Gasteiger partial charge >= 0.3 is 0 Å². The zero-order chi connectivity index (χ0) is 12.4. The van der Waals surface area contributed by atoms with Crippen LogP contribution in [0.15, 0.2) is 24.3 Å². The molecule has 0 saturated carbocycles. The number of hydrogen-bond donors (Lipinski definition) is 2. The Morgan fingerprint density at radius 2 is 2.12 bits per heavy atom. The number of benzene rings is 1. The van der Waals surface area contributed by atoms with Gasteiger partial charge in [-0.3, -0.25) is 0 Å². The first-order valence-electron chi connectivity index (χ1n) is 5.12. The first-order valence-corrected chi connectivity index (χ1v) is 5.53. The van der Waals surface area contributed by atoms with Crippen LogP contribution >= 0.6 is 12.2 Å². The molecule has 4 nitrogen and oxygen atoms in total. The van der Waals surface area contributed by atoms with E-state index in [1.807, 2.05) is 31.2 Å². The number of thiocarbonyl (C=S) groups is 1. The Kier molecular flexibility index (Phi) is 3.10. The van der Waals surface area contributed by atoms with E-state index in [1.54, 1.807) is 7.11 Å². The predicted molar refractivity (Wildman–Crippen MR) is 73.4 cm³/mol. The zero-order valence-corrected chi connectivity index (χ0v) is 10.5. The van der Waals surface area contributed by atoms with Crippen LogP contribution < -0.4 is 15.8 Å². The third-order valence-corrected chi connectivity index (χ3v) is 2.54. The summed E-state index contributed by atoms with van der Waals surface area (Å²) in [7, 11) is 1.62. The van der Waals surface area contributed by atoms with Gasteiger partial charge < -0.3 is 15.8 Å². The van der Waals surface area contributed by atoms with Crippen molar-refractivity contribution >= 4 is 33.9 Å². The number of nitrogens with zero attached hydrogens (tertiary/aromatic N) is 1. The molecule has 5 heteroatoms. The fourth-order valence-electron chi connectivity index (χ4n) is 1.70. The van der Waals surface area contributed by atoms with Crippen molar-refractivity contribution in [2.45, 2.75) is 6.92 Å². The molecular weight excluding hydrogens is 234 g/mol. The molecule has 2 rings (SSSR count). The summed E-state index contributed by atoms with van der Waals surface area (Å²) < 4.78 is 5.29. The second-order valence-corrected chi connectivity index (χ2v) is 4.09. The van der Waals surface area contributed by atoms with Gasteiger partial charge in [-0.25, -0.2) is 4.98 Å². The van der Waals surface area contributed by atoms with Crippen molar-refractivity contribution in [1.82, 2.24) is 4.98 Å². The van der Waals surface area contributed by atoms with Crippen molar-refractivity contribution in [1.29, 1.82) is 0 Å². The van der Waals surface area contributed by atoms with E-state index in [4.69, 9.17) is 22.7 Å². The number of rotatable bonds is 2. The van der Waals surface area contributed by atoms with Crippen LogP contribution in [0.25, 0.3) is 10.9 Å². The maximum absolute atomic E-state index is 5.48. The number of anilines is 1. The number of nitrogens with two attached hydrogens (primary N) is 1. The lowest BCUT2D eigenvalue weighted by atomic mass is 10.1. The van der Waals surface area contributed by atoms with Gasteiger partial charge in [0.2, 0.25) is 0 Å². The van der Waals surface area contributed by atoms with Gasteiger partial charge in [-0.15, -0.1) is 0 Å². The number of hydrogen-bond acceptors (Lipinski definition) is 3. The minimum Gasteiger partial charge on any atom is -0.494 e. The van der Waals surface area contributed by atoms with Crippen molar-refractivity contribution in [2.24, 2.45) is 5.73 Å². The number of pyridine rings is 1. The highest BCUT2D eigenvalue weighted by Crippen LogP contribution is 2.30. The number of methoxy groups -OCH3 is 1. The third kappa shape index (κ3) is 2.29. The lowest BCUT2D eigenvalue weighted by molar-refractivity contribution is 0.419. The Morgan fingerprint density at radius 1 is 1.35 bits per heavy atom. The smallest absolute Gasteiger partial charge is 0.168 e. The molecule has 2 aromatic rings. The molecule has 0 unspecified atom stereocenters. The average Bonchev–Trinajstić information content (AvgIpc) is 2.28. The van der Waals surface area contributed by atoms with Gasteiger partial charge in [0, 0.05) is 16.8 Å². The number of ether oxygens (including phenoxy) is 1. The number of aryl methyl sites for hydroxylation is 1. The Balaban J connectivity index is 2.68. The van der Waals surface area contributed by atoms with Crippen LogP contribution in [0.1, 0.15) is 5.69 Å². The van der Waals surface area contributed by atoms with Crippen LogP contribution in [0.4, 0.5) is 5.69 Å². The molecule has 0 radical (unpaired) electrons. The largest absolute Gasteiger partial charge is 0.494 e. The van der Waals surface area contributed by atoms with Crippen LogP contribution in [0.5, 0.6) is 5.75 Å². The van der Waals surface area contributed by atoms with Gasteiger partial charge in [-0.2, -0.15) is 0 Å². The quantitative estimate of drug-likeness (QED) is 0.797. The zero-order valence-electron chi connectivity index (χ0n) is 9.65. The van der Waals surface area contributed by atoms with Gasteiger partial charge in [-0.05, 0) is 43.4 Å². The van der Waals surface area contributed by atoms with Crippen molar-refractivity contribution in [3.63, 3.8) is 0 Å². The lowest BCUT2D eigenvalue weighted by Crippen LogP contribution is -2.19. The summed E-state index contributed by atoms with van der Waals surface area (Å²) in [6, 6.07) is 7.63. The van der Waals surface area contributed by atoms with Crippen molar-refractivity contribution < 1.29 is 4.74 Å². The second kappa shape index (κ2) is 4.55. The highest BCUT2D eigenvalue weighted by molar-refractivity contribution is 7.80. The van der Waals surface area contributed by atoms with E-state index in [0.29, 0.717) is 0 Å². The molecule has 0 amide bonds. The maximum Gasteiger partial charge on any atom is 0.168 e. The summed E-state index contributed by atoms with van der Waals surface area (Å²) in [6.45, 7) is 1.94. The fourth-order valence-corrected chi connectivity index (χ4v) is 1.81. The van der Waals surface area contributed by atoms with Crippen LogP contribution in [-0.4, -0.2) is 17.2 Å². The van der Waals surface area contributed by atoms with Crippen molar-refractivity contribution in [3.05, 3.63) is 30.0 Å². The van der Waals surface area contributed by atoms with Gasteiger partial charge in [-0.1, -0.05) is 0 Å². The number of nitrogens with one attached hydrogen (secondary N) is 1. The highest BCUT2D eigenvalue weighted by atomic mass is 32.1. The van der Waals surface area contributed by atoms with Crippen LogP contribution in [0.2, 0.25) is 0 Å². The van der Waals surface area contributed by atoms with Gasteiger partial charge in [0.1, 0.15) is 11.3 Å². The minimum absolute atomic E-state index is 0.233. The van der Waals surface area contributed by atoms with Crippen molar-refractivity contribution in [2.75, 3.05) is 12.4 Å². The van der Waals surface area contributed by atoms with Gasteiger partial charge in [0.05, 0.1) is 7.11 Å². The maximum atomic E-state index is 5.48. The summed E-state index contributed by atoms with van der Waals surface area (Å²) in [4.78, 5) is 4.47. The Bertz CT molecular complexity index is 583. The van der Waals surface area contributed by atoms with E-state index in [1.165, 1.54) is 0 Å². The van der Waals surface area contributed by atoms with Gasteiger partial charge in [0.25, 0.3) is 0 Å². The first-order chi connectivity index (χ1) is 8.11. The Morgan fingerprint density at radius 3 is 2.76 bits per heavy atom. The fraction of sp³-hybridized carbons (Fsp3) is 0.167. The molecule has 0 fully saturated rings. The van der Waals surface area contributed by atoms with Crippen molar-refractivity contribution in [3.8, 4) is 5.75 Å². The monoisotopic (exact) mass is 247 g/mol. The molecule has 88 valence electrons. The first kappa shape index (κ1) is 11.6. The van der Waals surface area contributed by atoms with E-state index in [9.17, 15) is 0 Å². The molecule has 17 heavy (non-hydrogen) atoms. The molecular formula is C12H13N3OS. The summed E-state index contributed by atoms with van der Waals surface area (Å²) in [5.41, 5.74) is 8.05. The predicted octanol–water partition coefficient (Wildman–Crippen LogP) is 2.21. The van der Waals surface area contributed by atoms with E-state index in [0.717, 1.165) is 28.0 Å². The molecule has 0 aliphatic rings. The molecule has 0 aliphatic carbocycles.